The van der Waals surface area contributed by atoms with E-state index in [9.17, 15) is 4.79 Å². The topological polar surface area (TPSA) is 78.1 Å². The lowest BCUT2D eigenvalue weighted by atomic mass is 9.82. The van der Waals surface area contributed by atoms with Crippen molar-refractivity contribution in [3.63, 3.8) is 0 Å². The van der Waals surface area contributed by atoms with Crippen LogP contribution in [0.25, 0.3) is 0 Å². The third-order valence-corrected chi connectivity index (χ3v) is 4.00. The van der Waals surface area contributed by atoms with Gasteiger partial charge in [0.2, 0.25) is 0 Å². The molecule has 0 radical (unpaired) electrons. The monoisotopic (exact) mass is 277 g/mol. The average molecular weight is 277 g/mol. The Hall–Kier alpha value is -1.65. The largest absolute Gasteiger partial charge is 0.462 e. The van der Waals surface area contributed by atoms with Crippen molar-refractivity contribution in [2.75, 3.05) is 12.3 Å². The summed E-state index contributed by atoms with van der Waals surface area (Å²) >= 11 is 0. The Kier molecular flexibility index (Phi) is 4.57. The summed E-state index contributed by atoms with van der Waals surface area (Å²) in [7, 11) is 0. The molecule has 1 heterocycles. The van der Waals surface area contributed by atoms with Gasteiger partial charge in [-0.2, -0.15) is 0 Å². The van der Waals surface area contributed by atoms with Gasteiger partial charge >= 0.3 is 5.97 Å². The number of aryl methyl sites for hydroxylation is 1. The number of esters is 1. The van der Waals surface area contributed by atoms with Gasteiger partial charge in [-0.25, -0.2) is 14.8 Å². The fraction of sp³-hybridized carbons (Fsp3) is 0.667. The molecule has 110 valence electrons. The van der Waals surface area contributed by atoms with Crippen molar-refractivity contribution in [3.8, 4) is 0 Å². The van der Waals surface area contributed by atoms with Crippen LogP contribution in [0.1, 0.15) is 67.3 Å². The average Bonchev–Trinajstić information content (AvgIpc) is 2.39. The Bertz CT molecular complexity index is 471. The van der Waals surface area contributed by atoms with Gasteiger partial charge in [-0.1, -0.05) is 19.8 Å². The minimum atomic E-state index is -0.439. The second kappa shape index (κ2) is 6.20. The van der Waals surface area contributed by atoms with E-state index < -0.39 is 5.97 Å². The third kappa shape index (κ3) is 3.08. The summed E-state index contributed by atoms with van der Waals surface area (Å²) in [4.78, 5) is 20.7. The van der Waals surface area contributed by atoms with Crippen molar-refractivity contribution >= 4 is 11.8 Å². The van der Waals surface area contributed by atoms with Gasteiger partial charge < -0.3 is 10.5 Å². The molecule has 1 saturated carbocycles. The first-order valence-corrected chi connectivity index (χ1v) is 7.34. The minimum Gasteiger partial charge on any atom is -0.462 e. The molecule has 0 spiro atoms. The molecule has 1 aliphatic carbocycles. The normalized spacial score (nSPS) is 22.6. The highest BCUT2D eigenvalue weighted by Crippen LogP contribution is 2.34. The van der Waals surface area contributed by atoms with Gasteiger partial charge in [0, 0.05) is 5.92 Å². The molecule has 1 aromatic heterocycles. The molecule has 0 bridgehead atoms. The van der Waals surface area contributed by atoms with Crippen molar-refractivity contribution < 1.29 is 9.53 Å². The maximum Gasteiger partial charge on any atom is 0.343 e. The van der Waals surface area contributed by atoms with Crippen molar-refractivity contribution in [1.29, 1.82) is 0 Å². The summed E-state index contributed by atoms with van der Waals surface area (Å²) in [6.07, 6.45) is 4.59. The molecule has 1 aromatic rings. The number of hydrogen-bond acceptors (Lipinski definition) is 5. The van der Waals surface area contributed by atoms with Crippen LogP contribution in [0.15, 0.2) is 0 Å². The number of hydrogen-bond donors (Lipinski definition) is 1. The molecule has 2 N–H and O–H groups in total. The van der Waals surface area contributed by atoms with E-state index in [1.54, 1.807) is 13.8 Å². The molecular formula is C15H23N3O2. The van der Waals surface area contributed by atoms with Crippen LogP contribution in [0, 0.1) is 12.8 Å². The predicted molar refractivity (Wildman–Crippen MR) is 77.5 cm³/mol. The summed E-state index contributed by atoms with van der Waals surface area (Å²) in [6.45, 7) is 6.15. The molecular weight excluding hydrogens is 254 g/mol. The lowest BCUT2D eigenvalue weighted by Gasteiger charge is -2.25. The van der Waals surface area contributed by atoms with Crippen LogP contribution in [-0.2, 0) is 4.74 Å². The number of nitrogens with zero attached hydrogens (tertiary/aromatic N) is 2. The Balaban J connectivity index is 2.23. The van der Waals surface area contributed by atoms with Gasteiger partial charge in [-0.15, -0.1) is 0 Å². The van der Waals surface area contributed by atoms with Crippen LogP contribution in [0.3, 0.4) is 0 Å². The second-order valence-corrected chi connectivity index (χ2v) is 5.60. The first-order chi connectivity index (χ1) is 9.52. The van der Waals surface area contributed by atoms with Crippen LogP contribution in [-0.4, -0.2) is 22.5 Å². The van der Waals surface area contributed by atoms with Crippen LogP contribution in [0.5, 0.6) is 0 Å². The van der Waals surface area contributed by atoms with E-state index in [4.69, 9.17) is 10.5 Å². The lowest BCUT2D eigenvalue weighted by Crippen LogP contribution is -2.18. The van der Waals surface area contributed by atoms with E-state index in [-0.39, 0.29) is 5.82 Å². The SMILES string of the molecule is CCOC(=O)c1c(C)nc(C2CCC(C)CC2)nc1N. The number of rotatable bonds is 3. The highest BCUT2D eigenvalue weighted by Gasteiger charge is 2.25. The van der Waals surface area contributed by atoms with E-state index >= 15 is 0 Å². The fourth-order valence-electron chi connectivity index (χ4n) is 2.77. The van der Waals surface area contributed by atoms with Crippen LogP contribution < -0.4 is 5.73 Å². The Morgan fingerprint density at radius 1 is 1.30 bits per heavy atom. The number of aromatic nitrogens is 2. The number of ether oxygens (including phenoxy) is 1. The zero-order valence-electron chi connectivity index (χ0n) is 12.5. The summed E-state index contributed by atoms with van der Waals surface area (Å²) in [5.41, 5.74) is 6.86. The molecule has 0 unspecified atom stereocenters. The number of carbonyl (C=O) groups is 1. The van der Waals surface area contributed by atoms with Crippen molar-refractivity contribution in [1.82, 2.24) is 9.97 Å². The summed E-state index contributed by atoms with van der Waals surface area (Å²) < 4.78 is 4.99. The van der Waals surface area contributed by atoms with E-state index in [1.165, 1.54) is 12.8 Å². The zero-order valence-corrected chi connectivity index (χ0v) is 12.5. The van der Waals surface area contributed by atoms with Gasteiger partial charge in [0.1, 0.15) is 17.2 Å². The summed E-state index contributed by atoms with van der Waals surface area (Å²) in [5.74, 6) is 1.72. The molecule has 0 amide bonds. The molecule has 0 atom stereocenters. The Morgan fingerprint density at radius 3 is 2.50 bits per heavy atom. The molecule has 0 saturated heterocycles. The highest BCUT2D eigenvalue weighted by atomic mass is 16.5. The molecule has 2 rings (SSSR count). The quantitative estimate of drug-likeness (QED) is 0.859. The van der Waals surface area contributed by atoms with Gasteiger partial charge in [-0.05, 0) is 32.6 Å². The molecule has 0 aliphatic heterocycles. The number of anilines is 1. The molecule has 1 fully saturated rings. The van der Waals surface area contributed by atoms with Crippen LogP contribution in [0.2, 0.25) is 0 Å². The first-order valence-electron chi connectivity index (χ1n) is 7.34. The summed E-state index contributed by atoms with van der Waals surface area (Å²) in [5, 5.41) is 0. The lowest BCUT2D eigenvalue weighted by molar-refractivity contribution is 0.0525. The summed E-state index contributed by atoms with van der Waals surface area (Å²) in [6, 6.07) is 0. The number of nitrogens with two attached hydrogens (primary N) is 1. The van der Waals surface area contributed by atoms with Crippen LogP contribution >= 0.6 is 0 Å². The highest BCUT2D eigenvalue weighted by molar-refractivity contribution is 5.95. The molecule has 20 heavy (non-hydrogen) atoms. The van der Waals surface area contributed by atoms with E-state index in [2.05, 4.69) is 16.9 Å². The molecule has 1 aliphatic rings. The fourth-order valence-corrected chi connectivity index (χ4v) is 2.77. The Labute approximate surface area is 119 Å². The molecule has 5 heteroatoms. The number of nitrogen functional groups attached to an aromatic ring is 1. The van der Waals surface area contributed by atoms with E-state index in [0.717, 1.165) is 24.6 Å². The minimum absolute atomic E-state index is 0.240. The van der Waals surface area contributed by atoms with Crippen LogP contribution in [0.4, 0.5) is 5.82 Å². The van der Waals surface area contributed by atoms with Crippen molar-refractivity contribution in [2.24, 2.45) is 5.92 Å². The van der Waals surface area contributed by atoms with Crippen molar-refractivity contribution in [3.05, 3.63) is 17.1 Å². The third-order valence-electron chi connectivity index (χ3n) is 4.00. The predicted octanol–water partition coefficient (Wildman–Crippen LogP) is 2.84. The maximum absolute atomic E-state index is 11.8. The molecule has 0 aromatic carbocycles. The van der Waals surface area contributed by atoms with E-state index in [1.807, 2.05) is 0 Å². The van der Waals surface area contributed by atoms with Gasteiger partial charge in [0.15, 0.2) is 0 Å². The second-order valence-electron chi connectivity index (χ2n) is 5.60. The van der Waals surface area contributed by atoms with E-state index in [0.29, 0.717) is 23.8 Å². The first kappa shape index (κ1) is 14.8. The standard InChI is InChI=1S/C15H23N3O2/c1-4-20-15(19)12-10(3)17-14(18-13(12)16)11-7-5-9(2)6-8-11/h9,11H,4-8H2,1-3H3,(H2,16,17,18). The van der Waals surface area contributed by atoms with Gasteiger partial charge in [0.05, 0.1) is 12.3 Å². The van der Waals surface area contributed by atoms with Gasteiger partial charge in [-0.3, -0.25) is 0 Å². The van der Waals surface area contributed by atoms with Crippen molar-refractivity contribution in [2.45, 2.75) is 52.4 Å². The number of carbonyl (C=O) groups excluding carboxylic acids is 1. The zero-order chi connectivity index (χ0) is 14.7. The Morgan fingerprint density at radius 2 is 1.95 bits per heavy atom. The smallest absolute Gasteiger partial charge is 0.343 e. The maximum atomic E-state index is 11.8. The molecule has 5 nitrogen and oxygen atoms in total. The van der Waals surface area contributed by atoms with Gasteiger partial charge in [0.25, 0.3) is 0 Å².